The monoisotopic (exact) mass is 391 g/mol. The van der Waals surface area contributed by atoms with Gasteiger partial charge in [0.1, 0.15) is 0 Å². The van der Waals surface area contributed by atoms with Gasteiger partial charge in [0, 0.05) is 33.9 Å². The lowest BCUT2D eigenvalue weighted by Crippen LogP contribution is -2.37. The molecule has 2 aliphatic rings. The van der Waals surface area contributed by atoms with Gasteiger partial charge in [-0.1, -0.05) is 35.3 Å². The predicted octanol–water partition coefficient (Wildman–Crippen LogP) is 5.63. The van der Waals surface area contributed by atoms with Crippen LogP contribution in [0.3, 0.4) is 0 Å². The van der Waals surface area contributed by atoms with Gasteiger partial charge in [-0.3, -0.25) is 4.79 Å². The number of benzene rings is 2. The summed E-state index contributed by atoms with van der Waals surface area (Å²) < 4.78 is -0.261. The number of carbonyl (C=O) groups is 1. The van der Waals surface area contributed by atoms with Crippen LogP contribution in [0.1, 0.15) is 30.7 Å². The first-order chi connectivity index (χ1) is 12.1. The van der Waals surface area contributed by atoms with E-state index in [1.807, 2.05) is 36.4 Å². The Labute approximate surface area is 162 Å². The normalized spacial score (nSPS) is 21.4. The van der Waals surface area contributed by atoms with Crippen LogP contribution in [-0.2, 0) is 4.79 Å². The molecule has 1 aliphatic carbocycles. The molecule has 2 aromatic carbocycles. The molecule has 0 aromatic heterocycles. The average Bonchev–Trinajstić information content (AvgIpc) is 3.23. The first-order valence-corrected chi connectivity index (χ1v) is 10.1. The molecule has 5 heteroatoms. The Balaban J connectivity index is 1.42. The molecule has 1 unspecified atom stereocenters. The van der Waals surface area contributed by atoms with Gasteiger partial charge in [0.05, 0.1) is 4.75 Å². The minimum atomic E-state index is -0.261. The van der Waals surface area contributed by atoms with E-state index < -0.39 is 0 Å². The van der Waals surface area contributed by atoms with Crippen molar-refractivity contribution in [1.82, 2.24) is 4.90 Å². The molecule has 0 spiro atoms. The van der Waals surface area contributed by atoms with Crippen molar-refractivity contribution >= 4 is 40.9 Å². The molecule has 0 bridgehead atoms. The molecule has 0 N–H and O–H groups in total. The lowest BCUT2D eigenvalue weighted by molar-refractivity contribution is -0.130. The zero-order chi connectivity index (χ0) is 17.4. The maximum Gasteiger partial charge on any atom is 0.239 e. The number of rotatable bonds is 4. The minimum absolute atomic E-state index is 0.261. The molecule has 2 nitrogen and oxygen atoms in total. The fourth-order valence-corrected chi connectivity index (χ4v) is 4.94. The number of hydrogen-bond acceptors (Lipinski definition) is 2. The van der Waals surface area contributed by atoms with Crippen molar-refractivity contribution in [2.75, 3.05) is 13.1 Å². The standard InChI is InChI=1S/C20H19Cl2NOS/c21-16-3-1-14(2-4-16)15-9-12-23(13-15)19(24)20(10-11-20)25-18-7-5-17(22)6-8-18/h1-8,15H,9-13H2. The van der Waals surface area contributed by atoms with Crippen molar-refractivity contribution in [1.29, 1.82) is 0 Å². The van der Waals surface area contributed by atoms with Crippen LogP contribution < -0.4 is 0 Å². The van der Waals surface area contributed by atoms with E-state index >= 15 is 0 Å². The quantitative estimate of drug-likeness (QED) is 0.672. The van der Waals surface area contributed by atoms with Gasteiger partial charge >= 0.3 is 0 Å². The van der Waals surface area contributed by atoms with E-state index in [0.717, 1.165) is 47.3 Å². The number of nitrogens with zero attached hydrogens (tertiary/aromatic N) is 1. The van der Waals surface area contributed by atoms with Crippen molar-refractivity contribution in [3.05, 3.63) is 64.1 Å². The summed E-state index contributed by atoms with van der Waals surface area (Å²) in [7, 11) is 0. The van der Waals surface area contributed by atoms with Crippen molar-refractivity contribution in [3.8, 4) is 0 Å². The topological polar surface area (TPSA) is 20.3 Å². The number of likely N-dealkylation sites (tertiary alicyclic amines) is 1. The first kappa shape index (κ1) is 17.3. The Kier molecular flexibility index (Phi) is 4.74. The van der Waals surface area contributed by atoms with E-state index in [-0.39, 0.29) is 4.75 Å². The highest BCUT2D eigenvalue weighted by atomic mass is 35.5. The molecular formula is C20H19Cl2NOS. The zero-order valence-electron chi connectivity index (χ0n) is 13.8. The lowest BCUT2D eigenvalue weighted by Gasteiger charge is -2.23. The molecular weight excluding hydrogens is 373 g/mol. The van der Waals surface area contributed by atoms with Gasteiger partial charge in [0.15, 0.2) is 0 Å². The van der Waals surface area contributed by atoms with E-state index in [9.17, 15) is 4.79 Å². The highest BCUT2D eigenvalue weighted by Crippen LogP contribution is 2.53. The highest BCUT2D eigenvalue weighted by Gasteiger charge is 2.53. The van der Waals surface area contributed by atoms with Crippen LogP contribution in [0, 0.1) is 0 Å². The van der Waals surface area contributed by atoms with Gasteiger partial charge in [-0.2, -0.15) is 0 Å². The summed E-state index contributed by atoms with van der Waals surface area (Å²) in [6.45, 7) is 1.65. The predicted molar refractivity (Wildman–Crippen MR) is 105 cm³/mol. The smallest absolute Gasteiger partial charge is 0.239 e. The van der Waals surface area contributed by atoms with Crippen molar-refractivity contribution in [2.24, 2.45) is 0 Å². The van der Waals surface area contributed by atoms with E-state index in [4.69, 9.17) is 23.2 Å². The van der Waals surface area contributed by atoms with E-state index in [1.165, 1.54) is 5.56 Å². The fourth-order valence-electron chi connectivity index (χ4n) is 3.44. The van der Waals surface area contributed by atoms with E-state index in [0.29, 0.717) is 11.8 Å². The molecule has 130 valence electrons. The number of carbonyl (C=O) groups excluding carboxylic acids is 1. The summed E-state index contributed by atoms with van der Waals surface area (Å²) >= 11 is 13.6. The van der Waals surface area contributed by atoms with Gasteiger partial charge in [-0.25, -0.2) is 0 Å². The second kappa shape index (κ2) is 6.86. The number of hydrogen-bond donors (Lipinski definition) is 0. The van der Waals surface area contributed by atoms with Gasteiger partial charge in [-0.05, 0) is 61.2 Å². The molecule has 2 fully saturated rings. The molecule has 4 rings (SSSR count). The second-order valence-corrected chi connectivity index (χ2v) is 9.17. The molecule has 1 aliphatic heterocycles. The second-order valence-electron chi connectivity index (χ2n) is 6.84. The Bertz CT molecular complexity index is 771. The van der Waals surface area contributed by atoms with Gasteiger partial charge < -0.3 is 4.90 Å². The summed E-state index contributed by atoms with van der Waals surface area (Å²) in [4.78, 5) is 16.3. The molecule has 2 aromatic rings. The molecule has 1 heterocycles. The van der Waals surface area contributed by atoms with Crippen molar-refractivity contribution < 1.29 is 4.79 Å². The number of halogens is 2. The molecule has 0 radical (unpaired) electrons. The minimum Gasteiger partial charge on any atom is -0.341 e. The first-order valence-electron chi connectivity index (χ1n) is 8.55. The highest BCUT2D eigenvalue weighted by molar-refractivity contribution is 8.01. The molecule has 1 saturated heterocycles. The fraction of sp³-hybridized carbons (Fsp3) is 0.350. The van der Waals surface area contributed by atoms with Gasteiger partial charge in [0.2, 0.25) is 5.91 Å². The van der Waals surface area contributed by atoms with Crippen LogP contribution in [0.4, 0.5) is 0 Å². The maximum atomic E-state index is 13.1. The van der Waals surface area contributed by atoms with Crippen LogP contribution >= 0.6 is 35.0 Å². The van der Waals surface area contributed by atoms with Crippen molar-refractivity contribution in [3.63, 3.8) is 0 Å². The van der Waals surface area contributed by atoms with Crippen LogP contribution in [0.2, 0.25) is 10.0 Å². The van der Waals surface area contributed by atoms with Crippen LogP contribution in [-0.4, -0.2) is 28.6 Å². The Morgan fingerprint density at radius 1 is 1.00 bits per heavy atom. The Hall–Kier alpha value is -1.16. The molecule has 1 atom stereocenters. The number of thioether (sulfide) groups is 1. The van der Waals surface area contributed by atoms with Gasteiger partial charge in [0.25, 0.3) is 0 Å². The zero-order valence-corrected chi connectivity index (χ0v) is 16.1. The maximum absolute atomic E-state index is 13.1. The van der Waals surface area contributed by atoms with Gasteiger partial charge in [-0.15, -0.1) is 11.8 Å². The van der Waals surface area contributed by atoms with E-state index in [2.05, 4.69) is 17.0 Å². The lowest BCUT2D eigenvalue weighted by atomic mass is 9.99. The molecule has 1 saturated carbocycles. The summed E-state index contributed by atoms with van der Waals surface area (Å²) in [5, 5.41) is 1.48. The SMILES string of the molecule is O=C(N1CCC(c2ccc(Cl)cc2)C1)C1(Sc2ccc(Cl)cc2)CC1. The van der Waals surface area contributed by atoms with Crippen LogP contribution in [0.5, 0.6) is 0 Å². The largest absolute Gasteiger partial charge is 0.341 e. The third-order valence-corrected chi connectivity index (χ3v) is 7.02. The van der Waals surface area contributed by atoms with Crippen molar-refractivity contribution in [2.45, 2.75) is 34.8 Å². The summed E-state index contributed by atoms with van der Waals surface area (Å²) in [6.07, 6.45) is 2.94. The van der Waals surface area contributed by atoms with Crippen LogP contribution in [0.15, 0.2) is 53.4 Å². The number of amides is 1. The third-order valence-electron chi connectivity index (χ3n) is 5.04. The Morgan fingerprint density at radius 3 is 2.20 bits per heavy atom. The molecule has 25 heavy (non-hydrogen) atoms. The summed E-state index contributed by atoms with van der Waals surface area (Å²) in [5.74, 6) is 0.710. The Morgan fingerprint density at radius 2 is 1.60 bits per heavy atom. The average molecular weight is 392 g/mol. The molecule has 1 amide bonds. The third kappa shape index (κ3) is 3.69. The van der Waals surface area contributed by atoms with E-state index in [1.54, 1.807) is 11.8 Å². The van der Waals surface area contributed by atoms with Crippen LogP contribution in [0.25, 0.3) is 0 Å². The summed E-state index contributed by atoms with van der Waals surface area (Å²) in [6, 6.07) is 15.8. The summed E-state index contributed by atoms with van der Waals surface area (Å²) in [5.41, 5.74) is 1.27.